The average Bonchev–Trinajstić information content (AvgIpc) is 3.38. The van der Waals surface area contributed by atoms with Crippen molar-refractivity contribution in [3.63, 3.8) is 0 Å². The molecule has 0 bridgehead atoms. The summed E-state index contributed by atoms with van der Waals surface area (Å²) in [6.07, 6.45) is 8.01. The number of anilines is 1. The minimum Gasteiger partial charge on any atom is -0.343 e. The average molecular weight is 442 g/mol. The highest BCUT2D eigenvalue weighted by Crippen LogP contribution is 2.21. The number of aromatic nitrogens is 5. The lowest BCUT2D eigenvalue weighted by atomic mass is 10.2. The summed E-state index contributed by atoms with van der Waals surface area (Å²) in [6, 6.07) is 7.10. The van der Waals surface area contributed by atoms with E-state index in [2.05, 4.69) is 32.7 Å². The molecule has 0 aliphatic rings. The third-order valence-electron chi connectivity index (χ3n) is 4.49. The zero-order valence-electron chi connectivity index (χ0n) is 17.4. The lowest BCUT2D eigenvalue weighted by Gasteiger charge is -2.07. The van der Waals surface area contributed by atoms with E-state index < -0.39 is 5.91 Å². The molecule has 0 spiro atoms. The molecule has 0 fully saturated rings. The Balaban J connectivity index is 1.49. The van der Waals surface area contributed by atoms with Crippen molar-refractivity contribution in [3.8, 4) is 5.69 Å². The van der Waals surface area contributed by atoms with E-state index in [4.69, 9.17) is 11.6 Å². The molecular formula is C21H24ClN7O2. The number of nitrogens with zero attached hydrogens (tertiary/aromatic N) is 5. The first-order chi connectivity index (χ1) is 15.0. The van der Waals surface area contributed by atoms with Crippen molar-refractivity contribution < 1.29 is 9.59 Å². The second-order valence-electron chi connectivity index (χ2n) is 6.85. The summed E-state index contributed by atoms with van der Waals surface area (Å²) < 4.78 is 3.35. The van der Waals surface area contributed by atoms with E-state index >= 15 is 0 Å². The van der Waals surface area contributed by atoms with Gasteiger partial charge in [-0.25, -0.2) is 9.67 Å². The summed E-state index contributed by atoms with van der Waals surface area (Å²) in [5, 5.41) is 14.2. The molecule has 2 heterocycles. The van der Waals surface area contributed by atoms with E-state index in [1.54, 1.807) is 46.0 Å². The van der Waals surface area contributed by atoms with Gasteiger partial charge in [0.25, 0.3) is 0 Å². The van der Waals surface area contributed by atoms with Gasteiger partial charge in [-0.15, -0.1) is 0 Å². The van der Waals surface area contributed by atoms with E-state index in [-0.39, 0.29) is 12.5 Å². The number of halogens is 1. The third-order valence-corrected chi connectivity index (χ3v) is 4.89. The van der Waals surface area contributed by atoms with Crippen molar-refractivity contribution in [2.45, 2.75) is 33.2 Å². The number of unbranched alkanes of at least 4 members (excludes halogenated alkanes) is 1. The third kappa shape index (κ3) is 6.02. The van der Waals surface area contributed by atoms with Crippen molar-refractivity contribution in [2.75, 3.05) is 11.9 Å². The van der Waals surface area contributed by atoms with Crippen LogP contribution in [0, 0.1) is 6.92 Å². The zero-order chi connectivity index (χ0) is 22.2. The van der Waals surface area contributed by atoms with Crippen LogP contribution < -0.4 is 10.6 Å². The van der Waals surface area contributed by atoms with E-state index in [0.29, 0.717) is 16.4 Å². The van der Waals surface area contributed by atoms with Gasteiger partial charge in [0.1, 0.15) is 17.8 Å². The number of carbonyl (C=O) groups excluding carboxylic acids is 2. The first-order valence-electron chi connectivity index (χ1n) is 9.91. The smallest absolute Gasteiger partial charge is 0.244 e. The summed E-state index contributed by atoms with van der Waals surface area (Å²) in [4.78, 5) is 28.1. The minimum absolute atomic E-state index is 0.156. The number of carbonyl (C=O) groups is 2. The van der Waals surface area contributed by atoms with Gasteiger partial charge in [-0.1, -0.05) is 24.9 Å². The maximum absolute atomic E-state index is 12.1. The van der Waals surface area contributed by atoms with Crippen LogP contribution >= 0.6 is 11.6 Å². The Labute approximate surface area is 185 Å². The molecule has 31 heavy (non-hydrogen) atoms. The van der Waals surface area contributed by atoms with Gasteiger partial charge in [0.2, 0.25) is 11.8 Å². The number of rotatable bonds is 9. The maximum Gasteiger partial charge on any atom is 0.244 e. The summed E-state index contributed by atoms with van der Waals surface area (Å²) in [6.45, 7) is 4.51. The van der Waals surface area contributed by atoms with Gasteiger partial charge < -0.3 is 10.6 Å². The number of hydrogen-bond donors (Lipinski definition) is 2. The zero-order valence-corrected chi connectivity index (χ0v) is 18.1. The molecule has 2 N–H and O–H groups in total. The number of nitrogens with one attached hydrogen (secondary N) is 2. The molecule has 0 atom stereocenters. The van der Waals surface area contributed by atoms with Crippen molar-refractivity contribution in [3.05, 3.63) is 59.4 Å². The van der Waals surface area contributed by atoms with Gasteiger partial charge in [-0.05, 0) is 43.7 Å². The summed E-state index contributed by atoms with van der Waals surface area (Å²) in [5.41, 5.74) is 2.88. The number of amides is 2. The lowest BCUT2D eigenvalue weighted by Crippen LogP contribution is -2.31. The Hall–Kier alpha value is -3.46. The second-order valence-corrected chi connectivity index (χ2v) is 7.21. The molecule has 0 saturated carbocycles. The molecule has 3 aromatic rings. The second kappa shape index (κ2) is 10.5. The largest absolute Gasteiger partial charge is 0.343 e. The van der Waals surface area contributed by atoms with Crippen LogP contribution in [0.15, 0.2) is 43.0 Å². The van der Waals surface area contributed by atoms with Crippen molar-refractivity contribution in [1.82, 2.24) is 29.9 Å². The van der Waals surface area contributed by atoms with E-state index in [1.165, 1.54) is 12.4 Å². The van der Waals surface area contributed by atoms with Crippen LogP contribution in [0.25, 0.3) is 11.8 Å². The lowest BCUT2D eigenvalue weighted by molar-refractivity contribution is -0.121. The molecule has 0 aliphatic heterocycles. The summed E-state index contributed by atoms with van der Waals surface area (Å²) in [5.74, 6) is -0.731. The minimum atomic E-state index is -0.395. The van der Waals surface area contributed by atoms with Crippen LogP contribution in [0.3, 0.4) is 0 Å². The van der Waals surface area contributed by atoms with Crippen molar-refractivity contribution >= 4 is 35.2 Å². The fourth-order valence-electron chi connectivity index (χ4n) is 2.84. The number of hydrogen-bond acceptors (Lipinski definition) is 5. The molecule has 9 nitrogen and oxygen atoms in total. The van der Waals surface area contributed by atoms with E-state index in [1.807, 2.05) is 6.92 Å². The Morgan fingerprint density at radius 3 is 2.68 bits per heavy atom. The van der Waals surface area contributed by atoms with Crippen LogP contribution in [-0.4, -0.2) is 42.9 Å². The molecule has 2 aromatic heterocycles. The van der Waals surface area contributed by atoms with Gasteiger partial charge in [0.15, 0.2) is 0 Å². The van der Waals surface area contributed by atoms with Gasteiger partial charge in [-0.3, -0.25) is 14.3 Å². The molecule has 1 aromatic carbocycles. The summed E-state index contributed by atoms with van der Waals surface area (Å²) in [7, 11) is 0. The Kier molecular flexibility index (Phi) is 7.55. The van der Waals surface area contributed by atoms with Crippen LogP contribution in [0.1, 0.15) is 31.0 Å². The fraction of sp³-hybridized carbons (Fsp3) is 0.286. The predicted molar refractivity (Wildman–Crippen MR) is 119 cm³/mol. The quantitative estimate of drug-likeness (QED) is 0.496. The molecule has 3 rings (SSSR count). The van der Waals surface area contributed by atoms with Gasteiger partial charge in [0.05, 0.1) is 17.9 Å². The summed E-state index contributed by atoms with van der Waals surface area (Å²) >= 11 is 6.35. The monoisotopic (exact) mass is 441 g/mol. The SMILES string of the molecule is CCCCn1nc(C)c(C=CC(=O)NCC(=O)Nc2ccc(-n3cncn3)cc2)c1Cl. The normalized spacial score (nSPS) is 11.1. The molecule has 0 radical (unpaired) electrons. The molecular weight excluding hydrogens is 418 g/mol. The highest BCUT2D eigenvalue weighted by molar-refractivity contribution is 6.31. The molecule has 2 amide bonds. The van der Waals surface area contributed by atoms with E-state index in [0.717, 1.165) is 30.8 Å². The maximum atomic E-state index is 12.1. The predicted octanol–water partition coefficient (Wildman–Crippen LogP) is 2.99. The standard InChI is InChI=1S/C21H24ClN7O2/c1-3-4-11-28-21(22)18(15(2)27-28)9-10-19(30)24-12-20(31)26-16-5-7-17(8-6-16)29-14-23-13-25-29/h5-10,13-14H,3-4,11-12H2,1-2H3,(H,24,30)(H,26,31). The topological polar surface area (TPSA) is 107 Å². The van der Waals surface area contributed by atoms with Crippen LogP contribution in [0.4, 0.5) is 5.69 Å². The Morgan fingerprint density at radius 2 is 2.00 bits per heavy atom. The number of aryl methyl sites for hydroxylation is 2. The highest BCUT2D eigenvalue weighted by Gasteiger charge is 2.11. The Bertz CT molecular complexity index is 1060. The van der Waals surface area contributed by atoms with Gasteiger partial charge in [0, 0.05) is 23.9 Å². The highest BCUT2D eigenvalue weighted by atomic mass is 35.5. The van der Waals surface area contributed by atoms with Crippen LogP contribution in [0.5, 0.6) is 0 Å². The molecule has 10 heteroatoms. The fourth-order valence-corrected chi connectivity index (χ4v) is 3.16. The van der Waals surface area contributed by atoms with Crippen molar-refractivity contribution in [2.24, 2.45) is 0 Å². The first-order valence-corrected chi connectivity index (χ1v) is 10.3. The molecule has 0 saturated heterocycles. The Morgan fingerprint density at radius 1 is 1.23 bits per heavy atom. The van der Waals surface area contributed by atoms with Gasteiger partial charge >= 0.3 is 0 Å². The molecule has 162 valence electrons. The first kappa shape index (κ1) is 22.2. The molecule has 0 unspecified atom stereocenters. The van der Waals surface area contributed by atoms with Crippen molar-refractivity contribution in [1.29, 1.82) is 0 Å². The van der Waals surface area contributed by atoms with Crippen LogP contribution in [-0.2, 0) is 16.1 Å². The van der Waals surface area contributed by atoms with E-state index in [9.17, 15) is 9.59 Å². The molecule has 0 aliphatic carbocycles. The van der Waals surface area contributed by atoms with Gasteiger partial charge in [-0.2, -0.15) is 10.2 Å². The number of benzene rings is 1. The van der Waals surface area contributed by atoms with Crippen LogP contribution in [0.2, 0.25) is 5.15 Å².